The zero-order valence-electron chi connectivity index (χ0n) is 8.81. The van der Waals surface area contributed by atoms with Crippen LogP contribution >= 0.6 is 57.7 Å². The monoisotopic (exact) mass is 324 g/mol. The Morgan fingerprint density at radius 1 is 1.12 bits per heavy atom. The summed E-state index contributed by atoms with van der Waals surface area (Å²) in [6.07, 6.45) is 0. The number of thiophene rings is 1. The van der Waals surface area contributed by atoms with Crippen molar-refractivity contribution >= 4 is 57.7 Å². The highest BCUT2D eigenvalue weighted by Gasteiger charge is 2.18. The van der Waals surface area contributed by atoms with E-state index in [1.54, 1.807) is 18.2 Å². The van der Waals surface area contributed by atoms with Crippen molar-refractivity contribution in [2.45, 2.75) is 12.3 Å². The fourth-order valence-corrected chi connectivity index (χ4v) is 3.53. The van der Waals surface area contributed by atoms with Crippen molar-refractivity contribution in [2.75, 3.05) is 0 Å². The van der Waals surface area contributed by atoms with Crippen LogP contribution in [0.1, 0.15) is 21.4 Å². The zero-order valence-corrected chi connectivity index (χ0v) is 12.6. The lowest BCUT2D eigenvalue weighted by molar-refractivity contribution is 1.18. The predicted molar refractivity (Wildman–Crippen MR) is 78.2 cm³/mol. The summed E-state index contributed by atoms with van der Waals surface area (Å²) in [5.74, 6) is 0. The molecule has 0 spiro atoms. The molecule has 0 fully saturated rings. The third kappa shape index (κ3) is 2.91. The van der Waals surface area contributed by atoms with Crippen LogP contribution in [0.25, 0.3) is 0 Å². The number of hydrogen-bond acceptors (Lipinski definition) is 1. The van der Waals surface area contributed by atoms with E-state index in [9.17, 15) is 0 Å². The van der Waals surface area contributed by atoms with Crippen LogP contribution in [-0.2, 0) is 0 Å². The molecule has 0 nitrogen and oxygen atoms in total. The molecule has 1 atom stereocenters. The van der Waals surface area contributed by atoms with E-state index in [2.05, 4.69) is 0 Å². The summed E-state index contributed by atoms with van der Waals surface area (Å²) in [7, 11) is 0. The summed E-state index contributed by atoms with van der Waals surface area (Å²) in [4.78, 5) is 0.971. The summed E-state index contributed by atoms with van der Waals surface area (Å²) in [5, 5.41) is 0.906. The van der Waals surface area contributed by atoms with Crippen LogP contribution in [0.5, 0.6) is 0 Å². The van der Waals surface area contributed by atoms with Gasteiger partial charge in [-0.15, -0.1) is 22.9 Å². The van der Waals surface area contributed by atoms with Gasteiger partial charge in [-0.2, -0.15) is 0 Å². The number of rotatable bonds is 2. The van der Waals surface area contributed by atoms with E-state index in [0.717, 1.165) is 20.3 Å². The minimum absolute atomic E-state index is 0.322. The Morgan fingerprint density at radius 2 is 1.82 bits per heavy atom. The van der Waals surface area contributed by atoms with Crippen LogP contribution in [0.2, 0.25) is 14.4 Å². The molecule has 0 bridgehead atoms. The first-order valence-corrected chi connectivity index (χ1v) is 7.22. The average Bonchev–Trinajstić information content (AvgIpc) is 2.62. The van der Waals surface area contributed by atoms with Crippen molar-refractivity contribution in [3.63, 3.8) is 0 Å². The van der Waals surface area contributed by atoms with Gasteiger partial charge in [0.2, 0.25) is 0 Å². The van der Waals surface area contributed by atoms with Gasteiger partial charge in [-0.1, -0.05) is 34.8 Å². The number of alkyl halides is 1. The first-order chi connectivity index (χ1) is 7.99. The van der Waals surface area contributed by atoms with E-state index in [1.165, 1.54) is 11.3 Å². The van der Waals surface area contributed by atoms with Crippen LogP contribution < -0.4 is 0 Å². The molecule has 0 saturated heterocycles. The van der Waals surface area contributed by atoms with Gasteiger partial charge < -0.3 is 0 Å². The molecular formula is C12H8Cl4S. The fraction of sp³-hybridized carbons (Fsp3) is 0.167. The second kappa shape index (κ2) is 5.38. The lowest BCUT2D eigenvalue weighted by Gasteiger charge is -2.10. The Labute approximate surface area is 124 Å². The van der Waals surface area contributed by atoms with Gasteiger partial charge in [0.05, 0.1) is 9.71 Å². The third-order valence-electron chi connectivity index (χ3n) is 2.36. The highest BCUT2D eigenvalue weighted by atomic mass is 35.5. The minimum Gasteiger partial charge on any atom is -0.126 e. The van der Waals surface area contributed by atoms with Gasteiger partial charge in [-0.05, 0) is 42.3 Å². The molecule has 1 heterocycles. The fourth-order valence-electron chi connectivity index (χ4n) is 1.47. The van der Waals surface area contributed by atoms with Gasteiger partial charge in [0, 0.05) is 14.9 Å². The lowest BCUT2D eigenvalue weighted by Crippen LogP contribution is -1.91. The molecular weight excluding hydrogens is 318 g/mol. The second-order valence-electron chi connectivity index (χ2n) is 3.63. The van der Waals surface area contributed by atoms with Crippen molar-refractivity contribution in [3.05, 3.63) is 54.7 Å². The molecule has 5 heteroatoms. The van der Waals surface area contributed by atoms with Crippen LogP contribution in [0.3, 0.4) is 0 Å². The van der Waals surface area contributed by atoms with E-state index < -0.39 is 0 Å². The van der Waals surface area contributed by atoms with Crippen molar-refractivity contribution < 1.29 is 0 Å². The Kier molecular flexibility index (Phi) is 4.27. The lowest BCUT2D eigenvalue weighted by atomic mass is 10.1. The maximum Gasteiger partial charge on any atom is 0.0960 e. The van der Waals surface area contributed by atoms with Gasteiger partial charge in [0.25, 0.3) is 0 Å². The van der Waals surface area contributed by atoms with Crippen molar-refractivity contribution in [1.82, 2.24) is 0 Å². The Balaban J connectivity index is 2.42. The largest absolute Gasteiger partial charge is 0.126 e. The first kappa shape index (κ1) is 13.5. The minimum atomic E-state index is -0.322. The van der Waals surface area contributed by atoms with Gasteiger partial charge in [-0.25, -0.2) is 0 Å². The molecule has 2 rings (SSSR count). The molecule has 17 heavy (non-hydrogen) atoms. The highest BCUT2D eigenvalue weighted by Crippen LogP contribution is 2.40. The predicted octanol–water partition coefficient (Wildman–Crippen LogP) is 6.34. The summed E-state index contributed by atoms with van der Waals surface area (Å²) < 4.78 is 0.754. The third-order valence-corrected chi connectivity index (χ3v) is 5.16. The molecule has 1 unspecified atom stereocenters. The normalized spacial score (nSPS) is 12.8. The summed E-state index contributed by atoms with van der Waals surface area (Å²) >= 11 is 26.0. The van der Waals surface area contributed by atoms with E-state index in [-0.39, 0.29) is 5.38 Å². The molecule has 0 radical (unpaired) electrons. The number of halogens is 4. The summed E-state index contributed by atoms with van der Waals surface area (Å²) in [6.45, 7) is 1.95. The second-order valence-corrected chi connectivity index (χ2v) is 6.60. The highest BCUT2D eigenvalue weighted by molar-refractivity contribution is 7.16. The van der Waals surface area contributed by atoms with Crippen LogP contribution in [0.15, 0.2) is 24.3 Å². The van der Waals surface area contributed by atoms with Gasteiger partial charge in [0.15, 0.2) is 0 Å². The van der Waals surface area contributed by atoms with E-state index in [1.807, 2.05) is 13.0 Å². The molecule has 0 aliphatic carbocycles. The number of hydrogen-bond donors (Lipinski definition) is 0. The quantitative estimate of drug-likeness (QED) is 0.565. The molecule has 0 aliphatic heterocycles. The first-order valence-electron chi connectivity index (χ1n) is 4.84. The molecule has 90 valence electrons. The maximum absolute atomic E-state index is 6.40. The Hall–Kier alpha value is 0.0800. The Morgan fingerprint density at radius 3 is 2.41 bits per heavy atom. The van der Waals surface area contributed by atoms with Crippen LogP contribution in [0.4, 0.5) is 0 Å². The van der Waals surface area contributed by atoms with Gasteiger partial charge in [-0.3, -0.25) is 0 Å². The van der Waals surface area contributed by atoms with Gasteiger partial charge >= 0.3 is 0 Å². The number of aryl methyl sites for hydroxylation is 1. The molecule has 1 aromatic carbocycles. The smallest absolute Gasteiger partial charge is 0.0960 e. The van der Waals surface area contributed by atoms with Crippen molar-refractivity contribution in [2.24, 2.45) is 0 Å². The van der Waals surface area contributed by atoms with Crippen LogP contribution in [0, 0.1) is 6.92 Å². The molecule has 0 amide bonds. The maximum atomic E-state index is 6.40. The zero-order chi connectivity index (χ0) is 12.6. The van der Waals surface area contributed by atoms with E-state index in [0.29, 0.717) is 10.0 Å². The molecule has 1 aromatic heterocycles. The average molecular weight is 326 g/mol. The van der Waals surface area contributed by atoms with E-state index >= 15 is 0 Å². The number of benzene rings is 1. The molecule has 2 aromatic rings. The molecule has 0 saturated carbocycles. The van der Waals surface area contributed by atoms with Crippen LogP contribution in [-0.4, -0.2) is 0 Å². The van der Waals surface area contributed by atoms with Gasteiger partial charge in [0.1, 0.15) is 0 Å². The molecule has 0 aliphatic rings. The topological polar surface area (TPSA) is 0 Å². The van der Waals surface area contributed by atoms with E-state index in [4.69, 9.17) is 46.4 Å². The standard InChI is InChI=1S/C12H8Cl4S/c1-6-4-10(17-12(6)16)11(15)8-5-7(13)2-3-9(8)14/h2-5,11H,1H3. The molecule has 0 N–H and O–H groups in total. The van der Waals surface area contributed by atoms with Crippen molar-refractivity contribution in [1.29, 1.82) is 0 Å². The van der Waals surface area contributed by atoms with Crippen molar-refractivity contribution in [3.8, 4) is 0 Å². The Bertz CT molecular complexity index is 528. The summed E-state index contributed by atoms with van der Waals surface area (Å²) in [5.41, 5.74) is 1.83. The summed E-state index contributed by atoms with van der Waals surface area (Å²) in [6, 6.07) is 7.24. The SMILES string of the molecule is Cc1cc(C(Cl)c2cc(Cl)ccc2Cl)sc1Cl.